The van der Waals surface area contributed by atoms with E-state index in [0.717, 1.165) is 22.4 Å². The van der Waals surface area contributed by atoms with Gasteiger partial charge in [0.1, 0.15) is 0 Å². The monoisotopic (exact) mass is 508 g/mol. The fourth-order valence-corrected chi connectivity index (χ4v) is 6.59. The number of hydrogen-bond acceptors (Lipinski definition) is 0. The Morgan fingerprint density at radius 1 is 0.300 bits per heavy atom. The molecular formula is C38H24N2. The maximum Gasteiger partial charge on any atom is 0.0477 e. The zero-order chi connectivity index (χ0) is 26.2. The third kappa shape index (κ3) is 3.11. The van der Waals surface area contributed by atoms with Gasteiger partial charge in [0.05, 0.1) is 0 Å². The smallest absolute Gasteiger partial charge is 0.0477 e. The summed E-state index contributed by atoms with van der Waals surface area (Å²) in [5.41, 5.74) is 7.09. The highest BCUT2D eigenvalue weighted by Crippen LogP contribution is 2.46. The van der Waals surface area contributed by atoms with Gasteiger partial charge in [-0.25, -0.2) is 0 Å². The first-order valence-corrected chi connectivity index (χ1v) is 13.8. The number of nitrogens with one attached hydrogen (secondary N) is 2. The van der Waals surface area contributed by atoms with Gasteiger partial charge in [0.25, 0.3) is 0 Å². The van der Waals surface area contributed by atoms with E-state index in [1.807, 2.05) is 0 Å². The molecule has 0 saturated carbocycles. The number of para-hydroxylation sites is 2. The molecule has 0 spiro atoms. The molecule has 0 aliphatic carbocycles. The van der Waals surface area contributed by atoms with E-state index in [2.05, 4.69) is 143 Å². The summed E-state index contributed by atoms with van der Waals surface area (Å²) in [6, 6.07) is 48.6. The highest BCUT2D eigenvalue weighted by atomic mass is 14.7. The largest absolute Gasteiger partial charge is 0.354 e. The van der Waals surface area contributed by atoms with Gasteiger partial charge in [-0.05, 0) is 91.6 Å². The number of fused-ring (bicyclic) bond motifs is 6. The molecule has 0 radical (unpaired) electrons. The molecule has 0 aliphatic heterocycles. The minimum absolute atomic E-state index is 1.14. The molecule has 186 valence electrons. The van der Waals surface area contributed by atoms with Crippen LogP contribution in [0.5, 0.6) is 0 Å². The summed E-state index contributed by atoms with van der Waals surface area (Å²) in [6.07, 6.45) is 0. The first-order chi connectivity index (χ1) is 19.8. The molecule has 2 nitrogen and oxygen atoms in total. The van der Waals surface area contributed by atoms with Crippen molar-refractivity contribution >= 4 is 64.9 Å². The Hall–Kier alpha value is -5.34. The van der Waals surface area contributed by atoms with Gasteiger partial charge >= 0.3 is 0 Å². The second-order valence-electron chi connectivity index (χ2n) is 10.8. The lowest BCUT2D eigenvalue weighted by Gasteiger charge is -2.18. The lowest BCUT2D eigenvalue weighted by molar-refractivity contribution is 1.47. The molecule has 2 heterocycles. The van der Waals surface area contributed by atoms with Crippen molar-refractivity contribution in [2.75, 3.05) is 0 Å². The first kappa shape index (κ1) is 21.6. The minimum atomic E-state index is 1.14. The van der Waals surface area contributed by atoms with Gasteiger partial charge in [-0.1, -0.05) is 84.9 Å². The molecule has 2 aromatic heterocycles. The van der Waals surface area contributed by atoms with E-state index in [0.29, 0.717) is 0 Å². The summed E-state index contributed by atoms with van der Waals surface area (Å²) in [4.78, 5) is 7.53. The van der Waals surface area contributed by atoms with Crippen LogP contribution in [-0.4, -0.2) is 9.97 Å². The highest BCUT2D eigenvalue weighted by molar-refractivity contribution is 6.25. The molecule has 0 aliphatic rings. The lowest BCUT2D eigenvalue weighted by atomic mass is 9.86. The van der Waals surface area contributed by atoms with E-state index in [1.54, 1.807) is 0 Å². The Kier molecular flexibility index (Phi) is 4.36. The van der Waals surface area contributed by atoms with Crippen LogP contribution in [0.2, 0.25) is 0 Å². The fourth-order valence-electron chi connectivity index (χ4n) is 6.59. The Bertz CT molecular complexity index is 2100. The molecule has 7 aromatic carbocycles. The normalized spacial score (nSPS) is 12.0. The molecular weight excluding hydrogens is 484 g/mol. The molecule has 2 N–H and O–H groups in total. The van der Waals surface area contributed by atoms with Crippen LogP contribution in [0.1, 0.15) is 0 Å². The average Bonchev–Trinajstić information content (AvgIpc) is 3.62. The molecule has 0 bridgehead atoms. The Labute approximate surface area is 230 Å². The predicted molar refractivity (Wildman–Crippen MR) is 171 cm³/mol. The standard InChI is InChI=1S/C38H24N2/c1-2-10-24-18-30-29(17-23(24)9-1)37(35-21-27-13-5-7-15-33(27)39-35)31-19-25-11-3-4-12-26(25)20-32(31)38(30)36-22-28-14-6-8-16-34(28)40-36/h1-22,39-40H. The number of aromatic nitrogens is 2. The van der Waals surface area contributed by atoms with Crippen molar-refractivity contribution in [2.24, 2.45) is 0 Å². The third-order valence-corrected chi connectivity index (χ3v) is 8.45. The second kappa shape index (κ2) is 8.08. The molecule has 2 heteroatoms. The van der Waals surface area contributed by atoms with Crippen LogP contribution in [-0.2, 0) is 0 Å². The van der Waals surface area contributed by atoms with Gasteiger partial charge in [-0.2, -0.15) is 0 Å². The van der Waals surface area contributed by atoms with E-state index >= 15 is 0 Å². The first-order valence-electron chi connectivity index (χ1n) is 13.8. The van der Waals surface area contributed by atoms with E-state index in [4.69, 9.17) is 0 Å². The maximum atomic E-state index is 3.77. The van der Waals surface area contributed by atoms with Crippen LogP contribution in [0.4, 0.5) is 0 Å². The summed E-state index contributed by atoms with van der Waals surface area (Å²) in [5, 5.41) is 12.4. The van der Waals surface area contributed by atoms with Crippen molar-refractivity contribution in [1.29, 1.82) is 0 Å². The van der Waals surface area contributed by atoms with E-state index < -0.39 is 0 Å². The van der Waals surface area contributed by atoms with Crippen molar-refractivity contribution in [3.63, 3.8) is 0 Å². The SMILES string of the molecule is c1ccc2cc3c(-c4cc5ccccc5[nH]4)c4cc5ccccc5cc4c(-c4cc5ccccc5[nH]4)c3cc2c1. The van der Waals surface area contributed by atoms with Crippen molar-refractivity contribution in [3.8, 4) is 22.5 Å². The van der Waals surface area contributed by atoms with Gasteiger partial charge < -0.3 is 9.97 Å². The van der Waals surface area contributed by atoms with E-state index in [9.17, 15) is 0 Å². The fraction of sp³-hybridized carbons (Fsp3) is 0. The Balaban J connectivity index is 1.54. The lowest BCUT2D eigenvalue weighted by Crippen LogP contribution is -1.92. The number of hydrogen-bond donors (Lipinski definition) is 2. The molecule has 0 unspecified atom stereocenters. The van der Waals surface area contributed by atoms with Crippen LogP contribution in [0.15, 0.2) is 133 Å². The average molecular weight is 509 g/mol. The summed E-state index contributed by atoms with van der Waals surface area (Å²) >= 11 is 0. The zero-order valence-electron chi connectivity index (χ0n) is 21.7. The van der Waals surface area contributed by atoms with Gasteiger partial charge in [-0.3, -0.25) is 0 Å². The molecule has 9 rings (SSSR count). The third-order valence-electron chi connectivity index (χ3n) is 8.45. The molecule has 0 fully saturated rings. The van der Waals surface area contributed by atoms with Crippen LogP contribution in [0, 0.1) is 0 Å². The topological polar surface area (TPSA) is 31.6 Å². The summed E-state index contributed by atoms with van der Waals surface area (Å²) in [7, 11) is 0. The van der Waals surface area contributed by atoms with Crippen molar-refractivity contribution in [1.82, 2.24) is 9.97 Å². The molecule has 0 atom stereocenters. The molecule has 0 amide bonds. The zero-order valence-corrected chi connectivity index (χ0v) is 21.7. The highest BCUT2D eigenvalue weighted by Gasteiger charge is 2.20. The summed E-state index contributed by atoms with van der Waals surface area (Å²) in [6.45, 7) is 0. The number of aromatic amines is 2. The van der Waals surface area contributed by atoms with Gasteiger partial charge in [0, 0.05) is 44.3 Å². The van der Waals surface area contributed by atoms with Crippen molar-refractivity contribution in [3.05, 3.63) is 133 Å². The van der Waals surface area contributed by atoms with Crippen LogP contribution < -0.4 is 0 Å². The summed E-state index contributed by atoms with van der Waals surface area (Å²) < 4.78 is 0. The molecule has 0 saturated heterocycles. The van der Waals surface area contributed by atoms with Gasteiger partial charge in [-0.15, -0.1) is 0 Å². The second-order valence-corrected chi connectivity index (χ2v) is 10.8. The van der Waals surface area contributed by atoms with Gasteiger partial charge in [0.2, 0.25) is 0 Å². The Morgan fingerprint density at radius 3 is 0.925 bits per heavy atom. The van der Waals surface area contributed by atoms with Crippen molar-refractivity contribution < 1.29 is 0 Å². The molecule has 9 aromatic rings. The van der Waals surface area contributed by atoms with Crippen LogP contribution in [0.3, 0.4) is 0 Å². The predicted octanol–water partition coefficient (Wildman–Crippen LogP) is 10.6. The maximum absolute atomic E-state index is 3.77. The van der Waals surface area contributed by atoms with E-state index in [1.165, 1.54) is 65.0 Å². The number of rotatable bonds is 2. The quantitative estimate of drug-likeness (QED) is 0.218. The number of benzene rings is 7. The number of H-pyrrole nitrogens is 2. The van der Waals surface area contributed by atoms with Crippen LogP contribution >= 0.6 is 0 Å². The van der Waals surface area contributed by atoms with E-state index in [-0.39, 0.29) is 0 Å². The van der Waals surface area contributed by atoms with Crippen molar-refractivity contribution in [2.45, 2.75) is 0 Å². The Morgan fingerprint density at radius 2 is 0.600 bits per heavy atom. The van der Waals surface area contributed by atoms with Crippen LogP contribution in [0.25, 0.3) is 87.4 Å². The summed E-state index contributed by atoms with van der Waals surface area (Å²) in [5.74, 6) is 0. The van der Waals surface area contributed by atoms with Gasteiger partial charge in [0.15, 0.2) is 0 Å². The minimum Gasteiger partial charge on any atom is -0.354 e. The molecule has 40 heavy (non-hydrogen) atoms.